The van der Waals surface area contributed by atoms with Crippen LogP contribution in [0.25, 0.3) is 0 Å². The number of allylic oxidation sites excluding steroid dienone is 1. The number of anilines is 1. The lowest BCUT2D eigenvalue weighted by Gasteiger charge is -2.20. The Balaban J connectivity index is 2.28. The van der Waals surface area contributed by atoms with Gasteiger partial charge < -0.3 is 16.5 Å². The van der Waals surface area contributed by atoms with Crippen LogP contribution in [0, 0.1) is 5.41 Å². The standard InChI is InChI=1S/C20H22ClN3O/c1-3-4-9-19(15-7-5-6-8-17(15)21)24-20(25)14-10-11-18(23)16(12-14)13(2)22/h3,5-8,10-12,19,22H,1,4,9,23H2,2H3,(H,24,25). The summed E-state index contributed by atoms with van der Waals surface area (Å²) in [4.78, 5) is 12.7. The Labute approximate surface area is 153 Å². The van der Waals surface area contributed by atoms with Crippen molar-refractivity contribution in [2.24, 2.45) is 0 Å². The van der Waals surface area contributed by atoms with Crippen LogP contribution in [0.5, 0.6) is 0 Å². The van der Waals surface area contributed by atoms with E-state index in [4.69, 9.17) is 22.7 Å². The van der Waals surface area contributed by atoms with Crippen molar-refractivity contribution < 1.29 is 4.79 Å². The maximum atomic E-state index is 12.7. The summed E-state index contributed by atoms with van der Waals surface area (Å²) in [5, 5.41) is 11.4. The highest BCUT2D eigenvalue weighted by Gasteiger charge is 2.18. The van der Waals surface area contributed by atoms with Crippen molar-refractivity contribution in [2.75, 3.05) is 5.73 Å². The van der Waals surface area contributed by atoms with Crippen molar-refractivity contribution in [3.8, 4) is 0 Å². The average Bonchev–Trinajstić information content (AvgIpc) is 2.59. The number of carbonyl (C=O) groups is 1. The lowest BCUT2D eigenvalue weighted by Crippen LogP contribution is -2.29. The molecule has 2 rings (SSSR count). The smallest absolute Gasteiger partial charge is 0.251 e. The monoisotopic (exact) mass is 355 g/mol. The number of hydrogen-bond donors (Lipinski definition) is 3. The predicted octanol–water partition coefficient (Wildman–Crippen LogP) is 4.75. The molecule has 4 N–H and O–H groups in total. The zero-order chi connectivity index (χ0) is 18.4. The van der Waals surface area contributed by atoms with E-state index in [1.165, 1.54) is 0 Å². The molecule has 2 aromatic carbocycles. The highest BCUT2D eigenvalue weighted by Crippen LogP contribution is 2.27. The molecule has 0 radical (unpaired) electrons. The molecule has 2 aromatic rings. The molecule has 1 amide bonds. The second-order valence-electron chi connectivity index (χ2n) is 5.84. The zero-order valence-electron chi connectivity index (χ0n) is 14.2. The summed E-state index contributed by atoms with van der Waals surface area (Å²) in [5.74, 6) is -0.225. The summed E-state index contributed by atoms with van der Waals surface area (Å²) < 4.78 is 0. The second-order valence-corrected chi connectivity index (χ2v) is 6.25. The van der Waals surface area contributed by atoms with Gasteiger partial charge in [-0.1, -0.05) is 35.9 Å². The first kappa shape index (κ1) is 18.7. The van der Waals surface area contributed by atoms with Crippen molar-refractivity contribution >= 4 is 28.9 Å². The first-order valence-electron chi connectivity index (χ1n) is 8.05. The summed E-state index contributed by atoms with van der Waals surface area (Å²) in [6.07, 6.45) is 3.27. The fourth-order valence-electron chi connectivity index (χ4n) is 2.61. The van der Waals surface area contributed by atoms with Gasteiger partial charge in [-0.05, 0) is 49.6 Å². The Morgan fingerprint density at radius 1 is 1.36 bits per heavy atom. The third-order valence-electron chi connectivity index (χ3n) is 3.96. The molecule has 5 heteroatoms. The normalized spacial score (nSPS) is 11.6. The molecule has 0 saturated carbocycles. The van der Waals surface area contributed by atoms with Crippen LogP contribution in [-0.4, -0.2) is 11.6 Å². The van der Waals surface area contributed by atoms with Gasteiger partial charge in [0, 0.05) is 27.5 Å². The van der Waals surface area contributed by atoms with Crippen LogP contribution >= 0.6 is 11.6 Å². The summed E-state index contributed by atoms with van der Waals surface area (Å²) in [7, 11) is 0. The van der Waals surface area contributed by atoms with E-state index in [2.05, 4.69) is 11.9 Å². The third kappa shape index (κ3) is 4.70. The van der Waals surface area contributed by atoms with Crippen LogP contribution in [0.3, 0.4) is 0 Å². The van der Waals surface area contributed by atoms with Crippen LogP contribution in [0.4, 0.5) is 5.69 Å². The summed E-state index contributed by atoms with van der Waals surface area (Å²) in [6, 6.07) is 12.2. The maximum absolute atomic E-state index is 12.7. The molecular formula is C20H22ClN3O. The Morgan fingerprint density at radius 2 is 2.08 bits per heavy atom. The number of amides is 1. The maximum Gasteiger partial charge on any atom is 0.251 e. The number of benzene rings is 2. The van der Waals surface area contributed by atoms with Gasteiger partial charge in [0.2, 0.25) is 0 Å². The molecule has 4 nitrogen and oxygen atoms in total. The van der Waals surface area contributed by atoms with Crippen molar-refractivity contribution in [1.82, 2.24) is 5.32 Å². The van der Waals surface area contributed by atoms with Crippen LogP contribution in [-0.2, 0) is 0 Å². The number of nitrogens with two attached hydrogens (primary N) is 1. The van der Waals surface area contributed by atoms with E-state index in [1.807, 2.05) is 30.3 Å². The molecule has 25 heavy (non-hydrogen) atoms. The van der Waals surface area contributed by atoms with Gasteiger partial charge in [-0.25, -0.2) is 0 Å². The van der Waals surface area contributed by atoms with E-state index in [9.17, 15) is 4.79 Å². The minimum atomic E-state index is -0.225. The van der Waals surface area contributed by atoms with Crippen LogP contribution in [0.2, 0.25) is 5.02 Å². The van der Waals surface area contributed by atoms with Crippen molar-refractivity contribution in [3.05, 3.63) is 76.8 Å². The van der Waals surface area contributed by atoms with Crippen molar-refractivity contribution in [1.29, 1.82) is 5.41 Å². The molecule has 0 spiro atoms. The van der Waals surface area contributed by atoms with Gasteiger partial charge in [0.05, 0.1) is 6.04 Å². The quantitative estimate of drug-likeness (QED) is 0.380. The van der Waals surface area contributed by atoms with Gasteiger partial charge in [-0.3, -0.25) is 4.79 Å². The Bertz CT molecular complexity index is 801. The van der Waals surface area contributed by atoms with Crippen molar-refractivity contribution in [2.45, 2.75) is 25.8 Å². The first-order valence-corrected chi connectivity index (χ1v) is 8.43. The number of hydrogen-bond acceptors (Lipinski definition) is 3. The van der Waals surface area contributed by atoms with Gasteiger partial charge in [-0.2, -0.15) is 0 Å². The van der Waals surface area contributed by atoms with E-state index in [-0.39, 0.29) is 11.9 Å². The Morgan fingerprint density at radius 3 is 2.72 bits per heavy atom. The molecule has 1 atom stereocenters. The van der Waals surface area contributed by atoms with Gasteiger partial charge in [-0.15, -0.1) is 6.58 Å². The SMILES string of the molecule is C=CCCC(NC(=O)c1ccc(N)c(C(C)=N)c1)c1ccccc1Cl. The van der Waals surface area contributed by atoms with Crippen LogP contribution in [0.15, 0.2) is 55.1 Å². The third-order valence-corrected chi connectivity index (χ3v) is 4.31. The first-order chi connectivity index (χ1) is 11.9. The molecule has 0 heterocycles. The fraction of sp³-hybridized carbons (Fsp3) is 0.200. The minimum absolute atomic E-state index is 0.221. The lowest BCUT2D eigenvalue weighted by molar-refractivity contribution is 0.0935. The summed E-state index contributed by atoms with van der Waals surface area (Å²) in [6.45, 7) is 5.39. The van der Waals surface area contributed by atoms with Crippen molar-refractivity contribution in [3.63, 3.8) is 0 Å². The molecule has 0 aromatic heterocycles. The number of rotatable bonds is 7. The van der Waals surface area contributed by atoms with Gasteiger partial charge >= 0.3 is 0 Å². The predicted molar refractivity (Wildman–Crippen MR) is 104 cm³/mol. The molecule has 0 aliphatic carbocycles. The van der Waals surface area contributed by atoms with E-state index in [1.54, 1.807) is 25.1 Å². The molecule has 130 valence electrons. The van der Waals surface area contributed by atoms with Crippen LogP contribution in [0.1, 0.15) is 47.3 Å². The number of nitrogens with one attached hydrogen (secondary N) is 2. The number of halogens is 1. The summed E-state index contributed by atoms with van der Waals surface area (Å²) in [5.41, 5.74) is 8.57. The number of nitrogen functional groups attached to an aromatic ring is 1. The van der Waals surface area contributed by atoms with Gasteiger partial charge in [0.15, 0.2) is 0 Å². The highest BCUT2D eigenvalue weighted by molar-refractivity contribution is 6.31. The number of carbonyl (C=O) groups excluding carboxylic acids is 1. The molecule has 0 saturated heterocycles. The molecule has 0 aliphatic heterocycles. The van der Waals surface area contributed by atoms with Gasteiger partial charge in [0.1, 0.15) is 0 Å². The summed E-state index contributed by atoms with van der Waals surface area (Å²) >= 11 is 6.29. The van der Waals surface area contributed by atoms with Crippen LogP contribution < -0.4 is 11.1 Å². The van der Waals surface area contributed by atoms with Gasteiger partial charge in [0.25, 0.3) is 5.91 Å². The largest absolute Gasteiger partial charge is 0.398 e. The fourth-order valence-corrected chi connectivity index (χ4v) is 2.88. The topological polar surface area (TPSA) is 79.0 Å². The molecule has 0 fully saturated rings. The zero-order valence-corrected chi connectivity index (χ0v) is 14.9. The Kier molecular flexibility index (Phi) is 6.37. The second kappa shape index (κ2) is 8.49. The Hall–Kier alpha value is -2.59. The minimum Gasteiger partial charge on any atom is -0.398 e. The molecule has 1 unspecified atom stereocenters. The van der Waals surface area contributed by atoms with E-state index < -0.39 is 0 Å². The molecule has 0 bridgehead atoms. The van der Waals surface area contributed by atoms with E-state index >= 15 is 0 Å². The van der Waals surface area contributed by atoms with E-state index in [0.717, 1.165) is 12.0 Å². The molecule has 0 aliphatic rings. The average molecular weight is 356 g/mol. The van der Waals surface area contributed by atoms with E-state index in [0.29, 0.717) is 34.0 Å². The highest BCUT2D eigenvalue weighted by atomic mass is 35.5. The molecular weight excluding hydrogens is 334 g/mol. The lowest BCUT2D eigenvalue weighted by atomic mass is 10.00.